The molecule has 0 aliphatic heterocycles. The lowest BCUT2D eigenvalue weighted by Crippen LogP contribution is -2.25. The van der Waals surface area contributed by atoms with Crippen LogP contribution < -0.4 is 0 Å². The second-order valence-electron chi connectivity index (χ2n) is 4.12. The van der Waals surface area contributed by atoms with Gasteiger partial charge < -0.3 is 33.9 Å². The average molecular weight is 352 g/mol. The zero-order valence-electron chi connectivity index (χ0n) is 14.0. The first-order valence-electron chi connectivity index (χ1n) is 7.18. The molecule has 0 aromatic heterocycles. The van der Waals surface area contributed by atoms with E-state index in [0.29, 0.717) is 0 Å². The summed E-state index contributed by atoms with van der Waals surface area (Å²) in [5.74, 6) is 0.339. The van der Waals surface area contributed by atoms with Crippen molar-refractivity contribution in [3.05, 3.63) is 75.6 Å². The first kappa shape index (κ1) is 21.9. The topological polar surface area (TPSA) is 86.6 Å². The molecule has 0 spiro atoms. The first-order valence-corrected chi connectivity index (χ1v) is 7.18. The average Bonchev–Trinajstić information content (AvgIpc) is 2.59. The van der Waals surface area contributed by atoms with Crippen molar-refractivity contribution in [3.63, 3.8) is 0 Å². The SMILES string of the molecule is C=COC(COCC(OC=C)OC=C)OC=C.Oc1ccc(O)cc1. The van der Waals surface area contributed by atoms with Gasteiger partial charge in [-0.3, -0.25) is 0 Å². The van der Waals surface area contributed by atoms with E-state index in [1.165, 1.54) is 49.3 Å². The number of hydrogen-bond acceptors (Lipinski definition) is 7. The lowest BCUT2D eigenvalue weighted by molar-refractivity contribution is -0.149. The Bertz CT molecular complexity index is 434. The highest BCUT2D eigenvalue weighted by Crippen LogP contribution is 2.13. The van der Waals surface area contributed by atoms with Crippen molar-refractivity contribution in [1.29, 1.82) is 0 Å². The van der Waals surface area contributed by atoms with E-state index >= 15 is 0 Å². The van der Waals surface area contributed by atoms with Crippen LogP contribution in [0.2, 0.25) is 0 Å². The smallest absolute Gasteiger partial charge is 0.262 e. The van der Waals surface area contributed by atoms with E-state index < -0.39 is 12.6 Å². The van der Waals surface area contributed by atoms with Gasteiger partial charge in [0.1, 0.15) is 24.7 Å². The van der Waals surface area contributed by atoms with Crippen molar-refractivity contribution in [2.75, 3.05) is 13.2 Å². The van der Waals surface area contributed by atoms with Crippen molar-refractivity contribution in [2.24, 2.45) is 0 Å². The van der Waals surface area contributed by atoms with Crippen LogP contribution in [0.15, 0.2) is 75.6 Å². The second-order valence-corrected chi connectivity index (χ2v) is 4.12. The summed E-state index contributed by atoms with van der Waals surface area (Å²) in [7, 11) is 0. The molecule has 25 heavy (non-hydrogen) atoms. The molecular weight excluding hydrogens is 328 g/mol. The van der Waals surface area contributed by atoms with Crippen LogP contribution in [0.5, 0.6) is 11.5 Å². The summed E-state index contributed by atoms with van der Waals surface area (Å²) >= 11 is 0. The summed E-state index contributed by atoms with van der Waals surface area (Å²) in [6.45, 7) is 14.0. The van der Waals surface area contributed by atoms with Gasteiger partial charge in [0, 0.05) is 0 Å². The highest BCUT2D eigenvalue weighted by atomic mass is 16.7. The molecule has 7 nitrogen and oxygen atoms in total. The van der Waals surface area contributed by atoms with Crippen molar-refractivity contribution < 1.29 is 33.9 Å². The molecule has 0 unspecified atom stereocenters. The zero-order valence-corrected chi connectivity index (χ0v) is 14.0. The van der Waals surface area contributed by atoms with Crippen molar-refractivity contribution in [2.45, 2.75) is 12.6 Å². The molecule has 0 aliphatic carbocycles. The molecule has 0 aliphatic rings. The molecule has 0 amide bonds. The molecule has 1 rings (SSSR count). The zero-order chi connectivity index (χ0) is 18.9. The second kappa shape index (κ2) is 14.5. The number of benzene rings is 1. The Morgan fingerprint density at radius 1 is 0.680 bits per heavy atom. The standard InChI is InChI=1S/C12H18O5.C6H6O2/c1-5-14-11(15-6-2)9-13-10-12(16-7-3)17-8-4;7-5-1-2-6(8)4-3-5/h5-8,11-12H,1-4,9-10H2;1-4,7-8H. The molecule has 2 N–H and O–H groups in total. The summed E-state index contributed by atoms with van der Waals surface area (Å²) in [5, 5.41) is 17.3. The number of rotatable bonds is 12. The predicted octanol–water partition coefficient (Wildman–Crippen LogP) is 3.39. The lowest BCUT2D eigenvalue weighted by Gasteiger charge is -2.19. The van der Waals surface area contributed by atoms with Gasteiger partial charge in [-0.1, -0.05) is 26.3 Å². The third kappa shape index (κ3) is 12.1. The van der Waals surface area contributed by atoms with Gasteiger partial charge >= 0.3 is 0 Å². The largest absolute Gasteiger partial charge is 0.508 e. The van der Waals surface area contributed by atoms with Crippen LogP contribution in [0.25, 0.3) is 0 Å². The summed E-state index contributed by atoms with van der Waals surface area (Å²) < 4.78 is 25.3. The maximum atomic E-state index is 8.65. The molecule has 0 bridgehead atoms. The van der Waals surface area contributed by atoms with E-state index in [1.807, 2.05) is 0 Å². The summed E-state index contributed by atoms with van der Waals surface area (Å²) in [6, 6.07) is 5.70. The fourth-order valence-electron chi connectivity index (χ4n) is 1.36. The molecular formula is C18H24O7. The van der Waals surface area contributed by atoms with E-state index in [0.717, 1.165) is 0 Å². The van der Waals surface area contributed by atoms with Crippen LogP contribution in [0.1, 0.15) is 0 Å². The molecule has 7 heteroatoms. The molecule has 0 fully saturated rings. The Kier molecular flexibility index (Phi) is 12.7. The van der Waals surface area contributed by atoms with Gasteiger partial charge in [-0.05, 0) is 24.3 Å². The molecule has 1 aromatic carbocycles. The third-order valence-electron chi connectivity index (χ3n) is 2.35. The van der Waals surface area contributed by atoms with Crippen molar-refractivity contribution in [3.8, 4) is 11.5 Å². The molecule has 0 saturated carbocycles. The third-order valence-corrected chi connectivity index (χ3v) is 2.35. The Hall–Kier alpha value is -3.06. The quantitative estimate of drug-likeness (QED) is 0.339. The van der Waals surface area contributed by atoms with Crippen LogP contribution >= 0.6 is 0 Å². The Morgan fingerprint density at radius 2 is 0.960 bits per heavy atom. The van der Waals surface area contributed by atoms with Crippen LogP contribution in [0, 0.1) is 0 Å². The van der Waals surface area contributed by atoms with E-state index in [4.69, 9.17) is 33.9 Å². The molecule has 0 radical (unpaired) electrons. The minimum absolute atomic E-state index is 0.169. The highest BCUT2D eigenvalue weighted by molar-refractivity contribution is 5.28. The number of phenolic OH excluding ortho intramolecular Hbond substituents is 2. The van der Waals surface area contributed by atoms with E-state index in [-0.39, 0.29) is 24.7 Å². The monoisotopic (exact) mass is 352 g/mol. The van der Waals surface area contributed by atoms with Crippen LogP contribution in [-0.4, -0.2) is 36.0 Å². The lowest BCUT2D eigenvalue weighted by atomic mass is 10.3. The minimum atomic E-state index is -0.599. The molecule has 0 atom stereocenters. The maximum Gasteiger partial charge on any atom is 0.262 e. The Balaban J connectivity index is 0.000000593. The fraction of sp³-hybridized carbons (Fsp3) is 0.222. The Labute approximate surface area is 147 Å². The number of ether oxygens (including phenoxy) is 5. The minimum Gasteiger partial charge on any atom is -0.508 e. The predicted molar refractivity (Wildman–Crippen MR) is 93.3 cm³/mol. The first-order chi connectivity index (χ1) is 12.1. The molecule has 0 heterocycles. The highest BCUT2D eigenvalue weighted by Gasteiger charge is 2.12. The van der Waals surface area contributed by atoms with Crippen molar-refractivity contribution >= 4 is 0 Å². The van der Waals surface area contributed by atoms with Crippen molar-refractivity contribution in [1.82, 2.24) is 0 Å². The number of aromatic hydroxyl groups is 2. The van der Waals surface area contributed by atoms with Gasteiger partial charge in [0.25, 0.3) is 12.6 Å². The van der Waals surface area contributed by atoms with Gasteiger partial charge in [-0.15, -0.1) is 0 Å². The molecule has 138 valence electrons. The summed E-state index contributed by atoms with van der Waals surface area (Å²) in [5.41, 5.74) is 0. The normalized spacial score (nSPS) is 9.36. The summed E-state index contributed by atoms with van der Waals surface area (Å²) in [6.07, 6.45) is 3.84. The van der Waals surface area contributed by atoms with Gasteiger partial charge in [0.05, 0.1) is 25.0 Å². The van der Waals surface area contributed by atoms with E-state index in [9.17, 15) is 0 Å². The summed E-state index contributed by atoms with van der Waals surface area (Å²) in [4.78, 5) is 0. The van der Waals surface area contributed by atoms with Gasteiger partial charge in [0.15, 0.2) is 0 Å². The molecule has 1 aromatic rings. The van der Waals surface area contributed by atoms with E-state index in [2.05, 4.69) is 26.3 Å². The maximum absolute atomic E-state index is 8.65. The Morgan fingerprint density at radius 3 is 1.20 bits per heavy atom. The van der Waals surface area contributed by atoms with Gasteiger partial charge in [0.2, 0.25) is 0 Å². The van der Waals surface area contributed by atoms with Crippen LogP contribution in [0.4, 0.5) is 0 Å². The number of hydrogen-bond donors (Lipinski definition) is 2. The van der Waals surface area contributed by atoms with Crippen LogP contribution in [-0.2, 0) is 23.7 Å². The van der Waals surface area contributed by atoms with Gasteiger partial charge in [-0.2, -0.15) is 0 Å². The van der Waals surface area contributed by atoms with E-state index in [1.54, 1.807) is 0 Å². The fourth-order valence-corrected chi connectivity index (χ4v) is 1.36. The van der Waals surface area contributed by atoms with Gasteiger partial charge in [-0.25, -0.2) is 0 Å². The molecule has 0 saturated heterocycles. The number of phenols is 2. The van der Waals surface area contributed by atoms with Crippen LogP contribution in [0.3, 0.4) is 0 Å².